The maximum absolute atomic E-state index is 12.2. The molecular weight excluding hydrogens is 338 g/mol. The highest BCUT2D eigenvalue weighted by molar-refractivity contribution is 7.89. The molecular formula is C19H23NO4S. The van der Waals surface area contributed by atoms with Gasteiger partial charge in [0.15, 0.2) is 0 Å². The number of hydrogen-bond acceptors (Lipinski definition) is 4. The van der Waals surface area contributed by atoms with Gasteiger partial charge in [0, 0.05) is 6.07 Å². The van der Waals surface area contributed by atoms with Crippen LogP contribution in [0.2, 0.25) is 0 Å². The highest BCUT2D eigenvalue weighted by Crippen LogP contribution is 2.45. The summed E-state index contributed by atoms with van der Waals surface area (Å²) in [5, 5.41) is 24.3. The molecule has 4 N–H and O–H groups in total. The summed E-state index contributed by atoms with van der Waals surface area (Å²) >= 11 is 0. The molecule has 1 aliphatic rings. The molecule has 0 heterocycles. The first-order valence-electron chi connectivity index (χ1n) is 8.44. The van der Waals surface area contributed by atoms with Gasteiger partial charge >= 0.3 is 0 Å². The molecule has 0 spiro atoms. The fraction of sp³-hybridized carbons (Fsp3) is 0.368. The molecule has 1 saturated carbocycles. The number of benzene rings is 2. The molecule has 0 bridgehead atoms. The minimum absolute atomic E-state index is 0.0343. The van der Waals surface area contributed by atoms with Gasteiger partial charge in [-0.15, -0.1) is 0 Å². The molecule has 1 fully saturated rings. The number of phenols is 2. The zero-order valence-corrected chi connectivity index (χ0v) is 14.7. The van der Waals surface area contributed by atoms with E-state index in [0.29, 0.717) is 0 Å². The van der Waals surface area contributed by atoms with Crippen LogP contribution in [0.1, 0.15) is 48.0 Å². The van der Waals surface area contributed by atoms with Crippen molar-refractivity contribution in [3.05, 3.63) is 59.7 Å². The number of nitrogens with two attached hydrogens (primary N) is 1. The van der Waals surface area contributed by atoms with Crippen LogP contribution >= 0.6 is 0 Å². The van der Waals surface area contributed by atoms with Gasteiger partial charge in [-0.05, 0) is 54.7 Å². The summed E-state index contributed by atoms with van der Waals surface area (Å²) in [6.45, 7) is 0. The largest absolute Gasteiger partial charge is 0.508 e. The molecule has 1 aliphatic carbocycles. The number of hydrogen-bond donors (Lipinski definition) is 3. The fourth-order valence-electron chi connectivity index (χ4n) is 3.98. The van der Waals surface area contributed by atoms with Crippen LogP contribution in [0.4, 0.5) is 0 Å². The van der Waals surface area contributed by atoms with Gasteiger partial charge in [0.1, 0.15) is 16.7 Å². The Hall–Kier alpha value is -2.05. The van der Waals surface area contributed by atoms with Gasteiger partial charge in [0.05, 0.1) is 0 Å². The smallest absolute Gasteiger partial charge is 0.216 e. The molecule has 0 aromatic heterocycles. The zero-order valence-electron chi connectivity index (χ0n) is 13.9. The molecule has 2 aromatic rings. The Morgan fingerprint density at radius 1 is 0.960 bits per heavy atom. The molecule has 0 aliphatic heterocycles. The highest BCUT2D eigenvalue weighted by Gasteiger charge is 2.36. The minimum Gasteiger partial charge on any atom is -0.508 e. The second-order valence-corrected chi connectivity index (χ2v) is 8.46. The normalized spacial score (nSPS) is 22.4. The molecule has 6 heteroatoms. The molecule has 25 heavy (non-hydrogen) atoms. The van der Waals surface area contributed by atoms with E-state index < -0.39 is 15.3 Å². The molecule has 0 amide bonds. The van der Waals surface area contributed by atoms with Gasteiger partial charge < -0.3 is 10.2 Å². The Balaban J connectivity index is 1.78. The Morgan fingerprint density at radius 3 is 2.16 bits per heavy atom. The molecule has 0 saturated heterocycles. The second kappa shape index (κ2) is 7.06. The van der Waals surface area contributed by atoms with Crippen molar-refractivity contribution in [1.29, 1.82) is 0 Å². The lowest BCUT2D eigenvalue weighted by molar-refractivity contribution is 0.308. The molecule has 134 valence electrons. The summed E-state index contributed by atoms with van der Waals surface area (Å²) in [6, 6.07) is 13.8. The summed E-state index contributed by atoms with van der Waals surface area (Å²) in [6.07, 6.45) is 3.01. The van der Waals surface area contributed by atoms with Crippen LogP contribution in [0.3, 0.4) is 0 Å². The Bertz CT molecular complexity index is 828. The van der Waals surface area contributed by atoms with E-state index >= 15 is 0 Å². The lowest BCUT2D eigenvalue weighted by Gasteiger charge is -2.33. The third-order valence-electron chi connectivity index (χ3n) is 5.14. The molecule has 0 radical (unpaired) electrons. The van der Waals surface area contributed by atoms with Crippen molar-refractivity contribution < 1.29 is 18.6 Å². The Morgan fingerprint density at radius 2 is 1.60 bits per heavy atom. The number of primary sulfonamides is 1. The van der Waals surface area contributed by atoms with Crippen molar-refractivity contribution in [3.63, 3.8) is 0 Å². The van der Waals surface area contributed by atoms with Crippen LogP contribution in [0.15, 0.2) is 48.5 Å². The number of rotatable bonds is 4. The van der Waals surface area contributed by atoms with Gasteiger partial charge in [0.2, 0.25) is 10.0 Å². The van der Waals surface area contributed by atoms with Crippen molar-refractivity contribution in [2.45, 2.75) is 36.9 Å². The number of phenolic OH excluding ortho intramolecular Hbond substituents is 2. The number of sulfonamides is 1. The monoisotopic (exact) mass is 361 g/mol. The molecule has 1 unspecified atom stereocenters. The average Bonchev–Trinajstić information content (AvgIpc) is 2.56. The van der Waals surface area contributed by atoms with E-state index in [4.69, 9.17) is 5.14 Å². The maximum Gasteiger partial charge on any atom is 0.216 e. The topological polar surface area (TPSA) is 101 Å². The summed E-state index contributed by atoms with van der Waals surface area (Å²) in [5.74, 6) is 0.254. The average molecular weight is 361 g/mol. The van der Waals surface area contributed by atoms with Crippen LogP contribution in [-0.2, 0) is 10.0 Å². The van der Waals surface area contributed by atoms with Gasteiger partial charge in [-0.25, -0.2) is 13.6 Å². The first kappa shape index (κ1) is 17.8. The summed E-state index contributed by atoms with van der Waals surface area (Å²) in [5.41, 5.74) is 1.55. The van der Waals surface area contributed by atoms with Gasteiger partial charge in [0.25, 0.3) is 0 Å². The first-order valence-corrected chi connectivity index (χ1v) is 10.1. The standard InChI is InChI=1S/C19H23NO4S/c20-25(23,24)19(14-4-2-1-3-5-14)15-8-6-13(7-9-15)17-11-10-16(21)12-18(17)22/h1-5,10-13,15,19,21-22H,6-9H2,(H2,20,23,24). The van der Waals surface area contributed by atoms with E-state index in [0.717, 1.165) is 36.8 Å². The van der Waals surface area contributed by atoms with Crippen molar-refractivity contribution in [3.8, 4) is 11.5 Å². The molecule has 5 nitrogen and oxygen atoms in total. The van der Waals surface area contributed by atoms with E-state index in [9.17, 15) is 18.6 Å². The van der Waals surface area contributed by atoms with Crippen LogP contribution in [-0.4, -0.2) is 18.6 Å². The van der Waals surface area contributed by atoms with E-state index in [1.54, 1.807) is 12.1 Å². The van der Waals surface area contributed by atoms with E-state index in [2.05, 4.69) is 0 Å². The lowest BCUT2D eigenvalue weighted by Crippen LogP contribution is -2.30. The number of aromatic hydroxyl groups is 2. The van der Waals surface area contributed by atoms with E-state index in [-0.39, 0.29) is 23.3 Å². The Kier molecular flexibility index (Phi) is 5.01. The van der Waals surface area contributed by atoms with Crippen LogP contribution in [0, 0.1) is 5.92 Å². The zero-order chi connectivity index (χ0) is 18.0. The minimum atomic E-state index is -3.70. The van der Waals surface area contributed by atoms with E-state index in [1.165, 1.54) is 6.07 Å². The van der Waals surface area contributed by atoms with Crippen LogP contribution in [0.5, 0.6) is 11.5 Å². The van der Waals surface area contributed by atoms with Gasteiger partial charge in [-0.1, -0.05) is 36.4 Å². The Labute approximate surface area is 148 Å². The summed E-state index contributed by atoms with van der Waals surface area (Å²) in [7, 11) is -3.70. The third-order valence-corrected chi connectivity index (χ3v) is 6.50. The van der Waals surface area contributed by atoms with Crippen LogP contribution in [0.25, 0.3) is 0 Å². The van der Waals surface area contributed by atoms with Gasteiger partial charge in [-0.3, -0.25) is 0 Å². The molecule has 1 atom stereocenters. The predicted molar refractivity (Wildman–Crippen MR) is 96.8 cm³/mol. The quantitative estimate of drug-likeness (QED) is 0.777. The lowest BCUT2D eigenvalue weighted by atomic mass is 9.76. The maximum atomic E-state index is 12.2. The van der Waals surface area contributed by atoms with Crippen LogP contribution < -0.4 is 5.14 Å². The summed E-state index contributed by atoms with van der Waals surface area (Å²) < 4.78 is 24.4. The van der Waals surface area contributed by atoms with Crippen molar-refractivity contribution in [2.75, 3.05) is 0 Å². The van der Waals surface area contributed by atoms with Crippen molar-refractivity contribution >= 4 is 10.0 Å². The third kappa shape index (κ3) is 3.96. The predicted octanol–water partition coefficient (Wildman–Crippen LogP) is 3.40. The molecule has 2 aromatic carbocycles. The SMILES string of the molecule is NS(=O)(=O)C(c1ccccc1)C1CCC(c2ccc(O)cc2O)CC1. The molecule has 3 rings (SSSR count). The van der Waals surface area contributed by atoms with Gasteiger partial charge in [-0.2, -0.15) is 0 Å². The highest BCUT2D eigenvalue weighted by atomic mass is 32.2. The fourth-order valence-corrected chi connectivity index (χ4v) is 5.33. The van der Waals surface area contributed by atoms with Crippen molar-refractivity contribution in [2.24, 2.45) is 11.1 Å². The second-order valence-electron chi connectivity index (χ2n) is 6.78. The van der Waals surface area contributed by atoms with E-state index in [1.807, 2.05) is 30.3 Å². The van der Waals surface area contributed by atoms with Crippen molar-refractivity contribution in [1.82, 2.24) is 0 Å². The summed E-state index contributed by atoms with van der Waals surface area (Å²) in [4.78, 5) is 0. The first-order chi connectivity index (χ1) is 11.9.